The van der Waals surface area contributed by atoms with Crippen molar-refractivity contribution in [1.82, 2.24) is 4.48 Å². The lowest BCUT2D eigenvalue weighted by Crippen LogP contribution is -2.31. The van der Waals surface area contributed by atoms with Crippen LogP contribution in [0.2, 0.25) is 6.82 Å². The highest BCUT2D eigenvalue weighted by Gasteiger charge is 2.08. The summed E-state index contributed by atoms with van der Waals surface area (Å²) in [6.45, 7) is 13.7. The van der Waals surface area contributed by atoms with Gasteiger partial charge in [0.25, 0.3) is 0 Å². The lowest BCUT2D eigenvalue weighted by Gasteiger charge is -2.03. The third-order valence-electron chi connectivity index (χ3n) is 2.84. The lowest BCUT2D eigenvalue weighted by atomic mass is 9.98. The van der Waals surface area contributed by atoms with Gasteiger partial charge in [0, 0.05) is 21.8 Å². The van der Waals surface area contributed by atoms with Crippen LogP contribution in [-0.2, 0) is 0 Å². The number of aromatic nitrogens is 1. The van der Waals surface area contributed by atoms with Crippen molar-refractivity contribution in [2.45, 2.75) is 20.7 Å². The van der Waals surface area contributed by atoms with Crippen molar-refractivity contribution in [3.8, 4) is 0 Å². The molecular weight excluding hydrogens is 229 g/mol. The molecule has 0 amide bonds. The summed E-state index contributed by atoms with van der Waals surface area (Å²) in [5, 5.41) is 2.29. The summed E-state index contributed by atoms with van der Waals surface area (Å²) in [4.78, 5) is 0. The van der Waals surface area contributed by atoms with E-state index in [2.05, 4.69) is 49.4 Å². The second kappa shape index (κ2) is 7.47. The van der Waals surface area contributed by atoms with Gasteiger partial charge in [0.2, 0.25) is 7.41 Å². The fourth-order valence-corrected chi connectivity index (χ4v) is 2.19. The van der Waals surface area contributed by atoms with Crippen LogP contribution in [0, 0.1) is 0 Å². The van der Waals surface area contributed by atoms with Gasteiger partial charge in [-0.25, -0.2) is 0 Å². The van der Waals surface area contributed by atoms with Gasteiger partial charge in [-0.3, -0.25) is 0 Å². The summed E-state index contributed by atoms with van der Waals surface area (Å²) in [5.74, 6) is 0. The third kappa shape index (κ3) is 3.08. The van der Waals surface area contributed by atoms with Crippen molar-refractivity contribution in [2.24, 2.45) is 0 Å². The van der Waals surface area contributed by atoms with Gasteiger partial charge in [0.15, 0.2) is 0 Å². The van der Waals surface area contributed by atoms with E-state index >= 15 is 0 Å². The Kier molecular flexibility index (Phi) is 5.94. The summed E-state index contributed by atoms with van der Waals surface area (Å²) >= 11 is 0. The number of hydrogen-bond acceptors (Lipinski definition) is 0. The van der Waals surface area contributed by atoms with E-state index in [9.17, 15) is 0 Å². The zero-order valence-electron chi connectivity index (χ0n) is 12.1. The topological polar surface area (TPSA) is 4.93 Å². The molecule has 0 unspecified atom stereocenters. The molecule has 2 heteroatoms. The molecule has 0 spiro atoms. The van der Waals surface area contributed by atoms with Gasteiger partial charge in [0.05, 0.1) is 0 Å². The Morgan fingerprint density at radius 1 is 1.00 bits per heavy atom. The molecule has 0 aliphatic carbocycles. The first kappa shape index (κ1) is 15.1. The van der Waals surface area contributed by atoms with Crippen LogP contribution < -0.4 is 10.6 Å². The maximum absolute atomic E-state index is 3.81. The molecule has 0 N–H and O–H groups in total. The molecule has 0 atom stereocenters. The van der Waals surface area contributed by atoms with Gasteiger partial charge in [-0.15, -0.1) is 0 Å². The number of hydrogen-bond donors (Lipinski definition) is 0. The highest BCUT2D eigenvalue weighted by molar-refractivity contribution is 6.32. The van der Waals surface area contributed by atoms with Gasteiger partial charge in [-0.05, 0) is 26.0 Å². The van der Waals surface area contributed by atoms with E-state index in [0.29, 0.717) is 0 Å². The van der Waals surface area contributed by atoms with E-state index in [1.165, 1.54) is 16.5 Å². The Labute approximate surface area is 116 Å². The van der Waals surface area contributed by atoms with Crippen molar-refractivity contribution < 1.29 is 0 Å². The summed E-state index contributed by atoms with van der Waals surface area (Å²) in [6.07, 6.45) is 16.1. The van der Waals surface area contributed by atoms with Crippen LogP contribution in [0.5, 0.6) is 0 Å². The Morgan fingerprint density at radius 3 is 2.11 bits per heavy atom. The van der Waals surface area contributed by atoms with E-state index < -0.39 is 0 Å². The van der Waals surface area contributed by atoms with Crippen LogP contribution in [0.1, 0.15) is 25.1 Å². The monoisotopic (exact) mass is 250 g/mol. The zero-order valence-corrected chi connectivity index (χ0v) is 12.1. The summed E-state index contributed by atoms with van der Waals surface area (Å²) < 4.78 is 2.17. The molecule has 1 aromatic rings. The molecule has 0 bridgehead atoms. The summed E-state index contributed by atoms with van der Waals surface area (Å²) in [7, 11) is 2.07. The minimum absolute atomic E-state index is 1.12. The predicted octanol–water partition coefficient (Wildman–Crippen LogP) is 3.00. The molecule has 19 heavy (non-hydrogen) atoms. The Morgan fingerprint density at radius 2 is 1.63 bits per heavy atom. The average molecular weight is 250 g/mol. The lowest BCUT2D eigenvalue weighted by molar-refractivity contribution is 1.14. The van der Waals surface area contributed by atoms with Crippen molar-refractivity contribution >= 4 is 31.7 Å². The second-order valence-corrected chi connectivity index (χ2v) is 4.03. The average Bonchev–Trinajstić information content (AvgIpc) is 2.66. The highest BCUT2D eigenvalue weighted by atomic mass is 14.9. The number of nitrogens with zero attached hydrogens (tertiary/aromatic N) is 1. The van der Waals surface area contributed by atoms with E-state index in [1.54, 1.807) is 0 Å². The van der Waals surface area contributed by atoms with Gasteiger partial charge in [-0.2, -0.15) is 0 Å². The summed E-state index contributed by atoms with van der Waals surface area (Å²) in [6, 6.07) is 0. The van der Waals surface area contributed by atoms with Crippen LogP contribution in [0.25, 0.3) is 24.3 Å². The van der Waals surface area contributed by atoms with Gasteiger partial charge in [0.1, 0.15) is 0 Å². The van der Waals surface area contributed by atoms with Gasteiger partial charge in [-0.1, -0.05) is 56.4 Å². The first-order valence-corrected chi connectivity index (χ1v) is 6.49. The maximum atomic E-state index is 3.81. The fraction of sp³-hybridized carbons (Fsp3) is 0.176. The van der Waals surface area contributed by atoms with Gasteiger partial charge < -0.3 is 4.48 Å². The first-order valence-electron chi connectivity index (χ1n) is 6.49. The quantitative estimate of drug-likeness (QED) is 0.708. The van der Waals surface area contributed by atoms with Crippen molar-refractivity contribution in [3.05, 3.63) is 59.3 Å². The van der Waals surface area contributed by atoms with Crippen LogP contribution in [0.15, 0.2) is 37.5 Å². The van der Waals surface area contributed by atoms with Crippen molar-refractivity contribution in [1.29, 1.82) is 0 Å². The number of allylic oxidation sites excluding steroid dienone is 4. The Balaban J connectivity index is 3.97. The first-order chi connectivity index (χ1) is 9.24. The minimum atomic E-state index is 1.12. The van der Waals surface area contributed by atoms with Crippen molar-refractivity contribution in [2.75, 3.05) is 0 Å². The Hall–Kier alpha value is -1.96. The summed E-state index contributed by atoms with van der Waals surface area (Å²) in [5.41, 5.74) is 2.37. The highest BCUT2D eigenvalue weighted by Crippen LogP contribution is 2.08. The molecule has 1 aromatic heterocycles. The SMILES string of the molecule is C=C/C=c1/c(/C=C\C)c(/C=C\C)n([B]C)/c1=C/C=C. The van der Waals surface area contributed by atoms with Crippen LogP contribution in [0.3, 0.4) is 0 Å². The molecular formula is C17H21BN. The van der Waals surface area contributed by atoms with Crippen LogP contribution in [0.4, 0.5) is 0 Å². The largest absolute Gasteiger partial charge is 0.390 e. The van der Waals surface area contributed by atoms with Crippen molar-refractivity contribution in [3.63, 3.8) is 0 Å². The third-order valence-corrected chi connectivity index (χ3v) is 2.84. The molecule has 0 saturated heterocycles. The van der Waals surface area contributed by atoms with E-state index in [0.717, 1.165) is 5.35 Å². The molecule has 1 radical (unpaired) electrons. The molecule has 0 saturated carbocycles. The van der Waals surface area contributed by atoms with Crippen LogP contribution in [-0.4, -0.2) is 11.9 Å². The molecule has 0 aromatic carbocycles. The standard InChI is InChI=1S/C17H21BN/c1-6-10-14-15(11-7-2)17(13-9-4)19(18-5)16(14)12-8-3/h6-13H,1,3H2,2,4-5H3/b11-7-,13-9-,14-10-,16-12+. The molecule has 0 aliphatic rings. The number of rotatable bonds is 5. The molecule has 1 nitrogen and oxygen atoms in total. The molecule has 97 valence electrons. The minimum Gasteiger partial charge on any atom is -0.390 e. The van der Waals surface area contributed by atoms with Crippen LogP contribution >= 0.6 is 0 Å². The van der Waals surface area contributed by atoms with E-state index in [1.807, 2.05) is 45.0 Å². The maximum Gasteiger partial charge on any atom is 0.249 e. The molecule has 1 heterocycles. The van der Waals surface area contributed by atoms with Gasteiger partial charge >= 0.3 is 0 Å². The normalized spacial score (nSPS) is 13.6. The predicted molar refractivity (Wildman–Crippen MR) is 89.4 cm³/mol. The fourth-order valence-electron chi connectivity index (χ4n) is 2.19. The van der Waals surface area contributed by atoms with E-state index in [4.69, 9.17) is 0 Å². The second-order valence-electron chi connectivity index (χ2n) is 4.03. The smallest absolute Gasteiger partial charge is 0.249 e. The van der Waals surface area contributed by atoms with E-state index in [-0.39, 0.29) is 0 Å². The zero-order chi connectivity index (χ0) is 14.3. The molecule has 0 fully saturated rings. The molecule has 1 rings (SSSR count). The molecule has 0 aliphatic heterocycles. The Bertz CT molecular complexity index is 627.